The van der Waals surface area contributed by atoms with Gasteiger partial charge in [-0.3, -0.25) is 14.6 Å². The Bertz CT molecular complexity index is 1020. The lowest BCUT2D eigenvalue weighted by Crippen LogP contribution is -2.24. The van der Waals surface area contributed by atoms with Crippen LogP contribution in [0.3, 0.4) is 0 Å². The first-order valence-electron chi connectivity index (χ1n) is 9.39. The number of benzene rings is 2. The van der Waals surface area contributed by atoms with Crippen LogP contribution in [-0.4, -0.2) is 33.2 Å². The van der Waals surface area contributed by atoms with E-state index in [1.165, 1.54) is 6.20 Å². The van der Waals surface area contributed by atoms with Crippen LogP contribution in [0.1, 0.15) is 28.8 Å². The summed E-state index contributed by atoms with van der Waals surface area (Å²) < 4.78 is 5.65. The number of carbonyl (C=O) groups excluding carboxylic acids is 2. The Kier molecular flexibility index (Phi) is 5.47. The number of amides is 2. The van der Waals surface area contributed by atoms with Crippen molar-refractivity contribution < 1.29 is 14.3 Å². The fraction of sp³-hybridized carbons (Fsp3) is 0.182. The minimum Gasteiger partial charge on any atom is -0.437 e. The number of rotatable bonds is 6. The van der Waals surface area contributed by atoms with Crippen molar-refractivity contribution in [2.24, 2.45) is 0 Å². The highest BCUT2D eigenvalue weighted by Crippen LogP contribution is 2.23. The molecule has 0 unspecified atom stereocenters. The second-order valence-corrected chi connectivity index (χ2v) is 6.75. The minimum atomic E-state index is -0.226. The van der Waals surface area contributed by atoms with E-state index in [0.717, 1.165) is 18.5 Å². The molecule has 1 fully saturated rings. The topological polar surface area (TPSA) is 84.4 Å². The number of ether oxygens (including phenoxy) is 1. The molecule has 2 amide bonds. The van der Waals surface area contributed by atoms with Crippen molar-refractivity contribution in [1.82, 2.24) is 14.9 Å². The van der Waals surface area contributed by atoms with E-state index in [1.54, 1.807) is 42.7 Å². The quantitative estimate of drug-likeness (QED) is 0.697. The molecule has 0 atom stereocenters. The Morgan fingerprint density at radius 1 is 1.14 bits per heavy atom. The predicted molar refractivity (Wildman–Crippen MR) is 108 cm³/mol. The molecule has 2 heterocycles. The smallest absolute Gasteiger partial charge is 0.255 e. The summed E-state index contributed by atoms with van der Waals surface area (Å²) in [7, 11) is 0. The van der Waals surface area contributed by atoms with Gasteiger partial charge in [0.25, 0.3) is 5.91 Å². The average molecular weight is 388 g/mol. The molecule has 7 nitrogen and oxygen atoms in total. The Morgan fingerprint density at radius 3 is 2.83 bits per heavy atom. The fourth-order valence-electron chi connectivity index (χ4n) is 3.20. The zero-order chi connectivity index (χ0) is 20.1. The van der Waals surface area contributed by atoms with Crippen molar-refractivity contribution in [3.8, 4) is 11.6 Å². The number of nitrogens with one attached hydrogen (secondary N) is 1. The van der Waals surface area contributed by atoms with Gasteiger partial charge in [0.15, 0.2) is 0 Å². The van der Waals surface area contributed by atoms with Gasteiger partial charge in [-0.05, 0) is 36.2 Å². The highest BCUT2D eigenvalue weighted by atomic mass is 16.5. The second-order valence-electron chi connectivity index (χ2n) is 6.75. The van der Waals surface area contributed by atoms with Crippen LogP contribution >= 0.6 is 0 Å². The molecule has 1 aromatic heterocycles. The molecule has 29 heavy (non-hydrogen) atoms. The molecule has 0 bridgehead atoms. The summed E-state index contributed by atoms with van der Waals surface area (Å²) in [5.74, 6) is 0.862. The monoisotopic (exact) mass is 388 g/mol. The summed E-state index contributed by atoms with van der Waals surface area (Å²) in [5, 5.41) is 2.88. The normalized spacial score (nSPS) is 13.4. The molecule has 3 aromatic rings. The third-order valence-electron chi connectivity index (χ3n) is 4.59. The summed E-state index contributed by atoms with van der Waals surface area (Å²) in [6, 6.07) is 14.4. The second kappa shape index (κ2) is 8.52. The van der Waals surface area contributed by atoms with Gasteiger partial charge in [0, 0.05) is 49.2 Å². The van der Waals surface area contributed by atoms with Crippen LogP contribution in [0.4, 0.5) is 5.69 Å². The molecule has 0 spiro atoms. The molecule has 4 rings (SSSR count). The number of anilines is 1. The number of hydrogen-bond acceptors (Lipinski definition) is 5. The van der Waals surface area contributed by atoms with Crippen LogP contribution in [0.5, 0.6) is 11.6 Å². The lowest BCUT2D eigenvalue weighted by Gasteiger charge is -2.16. The van der Waals surface area contributed by atoms with Crippen molar-refractivity contribution in [2.45, 2.75) is 19.4 Å². The fourth-order valence-corrected chi connectivity index (χ4v) is 3.20. The van der Waals surface area contributed by atoms with E-state index < -0.39 is 0 Å². The average Bonchev–Trinajstić information content (AvgIpc) is 3.14. The maximum atomic E-state index is 12.7. The molecule has 1 aliphatic rings. The van der Waals surface area contributed by atoms with Crippen LogP contribution in [0.2, 0.25) is 0 Å². The Labute approximate surface area is 168 Å². The first-order valence-corrected chi connectivity index (χ1v) is 9.39. The van der Waals surface area contributed by atoms with Gasteiger partial charge in [0.1, 0.15) is 5.75 Å². The molecular weight excluding hydrogens is 368 g/mol. The maximum absolute atomic E-state index is 12.7. The maximum Gasteiger partial charge on any atom is 0.255 e. The molecule has 146 valence electrons. The van der Waals surface area contributed by atoms with E-state index in [0.29, 0.717) is 35.8 Å². The zero-order valence-electron chi connectivity index (χ0n) is 15.7. The lowest BCUT2D eigenvalue weighted by molar-refractivity contribution is -0.128. The van der Waals surface area contributed by atoms with Gasteiger partial charge in [-0.25, -0.2) is 4.98 Å². The minimum absolute atomic E-state index is 0.166. The SMILES string of the molecule is O=C(Nc1cccc(Oc2cnccn2)c1)c1cccc(CN2CCCC2=O)c1. The highest BCUT2D eigenvalue weighted by Gasteiger charge is 2.20. The van der Waals surface area contributed by atoms with E-state index in [4.69, 9.17) is 4.74 Å². The van der Waals surface area contributed by atoms with Gasteiger partial charge >= 0.3 is 0 Å². The third-order valence-corrected chi connectivity index (χ3v) is 4.59. The van der Waals surface area contributed by atoms with Crippen LogP contribution in [0.15, 0.2) is 67.1 Å². The molecule has 1 N–H and O–H groups in total. The van der Waals surface area contributed by atoms with Crippen LogP contribution in [-0.2, 0) is 11.3 Å². The summed E-state index contributed by atoms with van der Waals surface area (Å²) >= 11 is 0. The van der Waals surface area contributed by atoms with E-state index in [2.05, 4.69) is 15.3 Å². The number of carbonyl (C=O) groups is 2. The molecule has 1 aliphatic heterocycles. The summed E-state index contributed by atoms with van der Waals surface area (Å²) in [6.45, 7) is 1.30. The molecule has 2 aromatic carbocycles. The molecular formula is C22H20N4O3. The van der Waals surface area contributed by atoms with Gasteiger partial charge in [0.2, 0.25) is 11.8 Å². The highest BCUT2D eigenvalue weighted by molar-refractivity contribution is 6.04. The lowest BCUT2D eigenvalue weighted by atomic mass is 10.1. The van der Waals surface area contributed by atoms with Gasteiger partial charge in [-0.2, -0.15) is 0 Å². The Morgan fingerprint density at radius 2 is 2.03 bits per heavy atom. The number of hydrogen-bond donors (Lipinski definition) is 1. The Hall–Kier alpha value is -3.74. The number of likely N-dealkylation sites (tertiary alicyclic amines) is 1. The van der Waals surface area contributed by atoms with Crippen LogP contribution < -0.4 is 10.1 Å². The van der Waals surface area contributed by atoms with Crippen molar-refractivity contribution in [3.05, 3.63) is 78.2 Å². The van der Waals surface area contributed by atoms with E-state index in [9.17, 15) is 9.59 Å². The molecule has 7 heteroatoms. The number of aromatic nitrogens is 2. The molecule has 1 saturated heterocycles. The van der Waals surface area contributed by atoms with Crippen molar-refractivity contribution >= 4 is 17.5 Å². The van der Waals surface area contributed by atoms with Crippen LogP contribution in [0.25, 0.3) is 0 Å². The standard InChI is InChI=1S/C22H20N4O3/c27-21-8-3-11-26(21)15-16-4-1-5-17(12-16)22(28)25-18-6-2-7-19(13-18)29-20-14-23-9-10-24-20/h1-2,4-7,9-10,12-14H,3,8,11,15H2,(H,25,28). The third kappa shape index (κ3) is 4.76. The zero-order valence-corrected chi connectivity index (χ0v) is 15.7. The van der Waals surface area contributed by atoms with Crippen LogP contribution in [0, 0.1) is 0 Å². The van der Waals surface area contributed by atoms with Gasteiger partial charge < -0.3 is 15.0 Å². The van der Waals surface area contributed by atoms with E-state index in [-0.39, 0.29) is 11.8 Å². The molecule has 0 saturated carbocycles. The van der Waals surface area contributed by atoms with Crippen molar-refractivity contribution in [1.29, 1.82) is 0 Å². The van der Waals surface area contributed by atoms with Gasteiger partial charge in [0.05, 0.1) is 6.20 Å². The first kappa shape index (κ1) is 18.6. The van der Waals surface area contributed by atoms with E-state index in [1.807, 2.05) is 23.1 Å². The predicted octanol–water partition coefficient (Wildman–Crippen LogP) is 3.64. The van der Waals surface area contributed by atoms with Gasteiger partial charge in [-0.1, -0.05) is 18.2 Å². The van der Waals surface area contributed by atoms with Crippen molar-refractivity contribution in [2.75, 3.05) is 11.9 Å². The van der Waals surface area contributed by atoms with Crippen molar-refractivity contribution in [3.63, 3.8) is 0 Å². The van der Waals surface area contributed by atoms with Gasteiger partial charge in [-0.15, -0.1) is 0 Å². The summed E-state index contributed by atoms with van der Waals surface area (Å²) in [6.07, 6.45) is 6.13. The summed E-state index contributed by atoms with van der Waals surface area (Å²) in [4.78, 5) is 34.4. The molecule has 0 aliphatic carbocycles. The number of nitrogens with zero attached hydrogens (tertiary/aromatic N) is 3. The largest absolute Gasteiger partial charge is 0.437 e. The van der Waals surface area contributed by atoms with E-state index >= 15 is 0 Å². The first-order chi connectivity index (χ1) is 14.2. The Balaban J connectivity index is 1.43. The molecule has 0 radical (unpaired) electrons. The summed E-state index contributed by atoms with van der Waals surface area (Å²) in [5.41, 5.74) is 2.08.